The molecule has 2 saturated heterocycles. The number of amides is 3. The molecule has 34 heavy (non-hydrogen) atoms. The molecule has 2 fully saturated rings. The van der Waals surface area contributed by atoms with E-state index in [1.54, 1.807) is 53.4 Å². The molecule has 0 radical (unpaired) electrons. The van der Waals surface area contributed by atoms with Crippen molar-refractivity contribution in [3.05, 3.63) is 64.1 Å². The lowest BCUT2D eigenvalue weighted by Crippen LogP contribution is -2.42. The molecule has 2 aliphatic rings. The molecule has 10 heteroatoms. The molecular formula is C24H23Cl2N3O5. The molecule has 2 heterocycles. The molecule has 4 rings (SSSR count). The second kappa shape index (κ2) is 10.6. The van der Waals surface area contributed by atoms with Gasteiger partial charge >= 0.3 is 0 Å². The molecule has 0 unspecified atom stereocenters. The van der Waals surface area contributed by atoms with Gasteiger partial charge in [0.25, 0.3) is 5.91 Å². The fourth-order valence-corrected chi connectivity index (χ4v) is 4.23. The number of aliphatic hydroxyl groups excluding tert-OH is 1. The van der Waals surface area contributed by atoms with Gasteiger partial charge in [0, 0.05) is 37.0 Å². The summed E-state index contributed by atoms with van der Waals surface area (Å²) in [6, 6.07) is 11.0. The summed E-state index contributed by atoms with van der Waals surface area (Å²) in [4.78, 5) is 40.7. The maximum Gasteiger partial charge on any atom is 0.253 e. The quantitative estimate of drug-likeness (QED) is 0.611. The third-order valence-electron chi connectivity index (χ3n) is 5.66. The van der Waals surface area contributed by atoms with Crippen LogP contribution in [0, 0.1) is 0 Å². The van der Waals surface area contributed by atoms with Gasteiger partial charge in [-0.15, -0.1) is 0 Å². The number of ether oxygens (including phenoxy) is 1. The Kier molecular flexibility index (Phi) is 7.53. The molecule has 0 aliphatic carbocycles. The molecule has 2 aromatic rings. The predicted molar refractivity (Wildman–Crippen MR) is 130 cm³/mol. The first-order chi connectivity index (χ1) is 16.3. The molecule has 3 amide bonds. The van der Waals surface area contributed by atoms with Gasteiger partial charge in [-0.1, -0.05) is 29.3 Å². The van der Waals surface area contributed by atoms with Gasteiger partial charge in [0.15, 0.2) is 0 Å². The summed E-state index contributed by atoms with van der Waals surface area (Å²) >= 11 is 11.9. The van der Waals surface area contributed by atoms with Crippen LogP contribution in [0.5, 0.6) is 0 Å². The van der Waals surface area contributed by atoms with E-state index in [0.29, 0.717) is 40.1 Å². The smallest absolute Gasteiger partial charge is 0.253 e. The van der Waals surface area contributed by atoms with Crippen molar-refractivity contribution in [3.63, 3.8) is 0 Å². The lowest BCUT2D eigenvalue weighted by molar-refractivity contribution is -0.132. The van der Waals surface area contributed by atoms with Gasteiger partial charge in [-0.25, -0.2) is 0 Å². The van der Waals surface area contributed by atoms with Crippen molar-refractivity contribution in [2.75, 3.05) is 36.5 Å². The van der Waals surface area contributed by atoms with Crippen LogP contribution in [-0.2, 0) is 19.1 Å². The van der Waals surface area contributed by atoms with Gasteiger partial charge < -0.3 is 25.0 Å². The van der Waals surface area contributed by atoms with E-state index >= 15 is 0 Å². The lowest BCUT2D eigenvalue weighted by Gasteiger charge is -2.27. The standard InChI is InChI=1S/C24H23Cl2N3O5/c25-19-7-1-15(11-20(19)26)2-8-22(31)29-13-18(30)12-21(29)24(33)27-16-3-5-17(6-4-16)28-9-10-34-14-23(28)32/h1-8,11,18,21,30H,9-10,12-14H2,(H,27,33)/t18-,21-/m1/s1. The zero-order valence-corrected chi connectivity index (χ0v) is 19.6. The Bertz CT molecular complexity index is 1120. The number of benzene rings is 2. The zero-order valence-electron chi connectivity index (χ0n) is 18.1. The lowest BCUT2D eigenvalue weighted by atomic mass is 10.1. The molecule has 0 aromatic heterocycles. The number of anilines is 2. The molecule has 2 aliphatic heterocycles. The van der Waals surface area contributed by atoms with Crippen LogP contribution in [0.3, 0.4) is 0 Å². The van der Waals surface area contributed by atoms with Crippen LogP contribution >= 0.6 is 23.2 Å². The summed E-state index contributed by atoms with van der Waals surface area (Å²) in [7, 11) is 0. The summed E-state index contributed by atoms with van der Waals surface area (Å²) in [6.45, 7) is 1.04. The highest BCUT2D eigenvalue weighted by Crippen LogP contribution is 2.25. The fraction of sp³-hybridized carbons (Fsp3) is 0.292. The first-order valence-corrected chi connectivity index (χ1v) is 11.5. The first-order valence-electron chi connectivity index (χ1n) is 10.7. The predicted octanol–water partition coefficient (Wildman–Crippen LogP) is 2.97. The van der Waals surface area contributed by atoms with Gasteiger partial charge in [0.2, 0.25) is 11.8 Å². The number of carbonyl (C=O) groups excluding carboxylic acids is 3. The molecular weight excluding hydrogens is 481 g/mol. The fourth-order valence-electron chi connectivity index (χ4n) is 3.93. The van der Waals surface area contributed by atoms with Gasteiger partial charge in [0.05, 0.1) is 22.8 Å². The maximum atomic E-state index is 12.9. The highest BCUT2D eigenvalue weighted by Gasteiger charge is 2.38. The second-order valence-electron chi connectivity index (χ2n) is 8.04. The number of β-amino-alcohol motifs (C(OH)–C–C–N with tert-alkyl or cyclic N) is 1. The Morgan fingerprint density at radius 1 is 1.12 bits per heavy atom. The Labute approximate surface area is 206 Å². The third-order valence-corrected chi connectivity index (χ3v) is 6.40. The van der Waals surface area contributed by atoms with Crippen LogP contribution < -0.4 is 10.2 Å². The number of halogens is 2. The van der Waals surface area contributed by atoms with Crippen LogP contribution in [0.25, 0.3) is 6.08 Å². The largest absolute Gasteiger partial charge is 0.391 e. The number of hydrogen-bond acceptors (Lipinski definition) is 5. The van der Waals surface area contributed by atoms with Gasteiger partial charge in [-0.3, -0.25) is 14.4 Å². The van der Waals surface area contributed by atoms with E-state index < -0.39 is 24.0 Å². The van der Waals surface area contributed by atoms with Crippen molar-refractivity contribution in [3.8, 4) is 0 Å². The Morgan fingerprint density at radius 2 is 1.88 bits per heavy atom. The van der Waals surface area contributed by atoms with Crippen LogP contribution in [0.4, 0.5) is 11.4 Å². The minimum Gasteiger partial charge on any atom is -0.391 e. The topological polar surface area (TPSA) is 99.2 Å². The Hall–Kier alpha value is -2.91. The number of nitrogens with one attached hydrogen (secondary N) is 1. The van der Waals surface area contributed by atoms with Crippen molar-refractivity contribution in [2.45, 2.75) is 18.6 Å². The number of morpholine rings is 1. The van der Waals surface area contributed by atoms with Crippen molar-refractivity contribution in [1.29, 1.82) is 0 Å². The van der Waals surface area contributed by atoms with Crippen molar-refractivity contribution in [2.24, 2.45) is 0 Å². The van der Waals surface area contributed by atoms with E-state index in [2.05, 4.69) is 5.32 Å². The molecule has 178 valence electrons. The zero-order chi connectivity index (χ0) is 24.2. The van der Waals surface area contributed by atoms with E-state index in [-0.39, 0.29) is 25.5 Å². The SMILES string of the molecule is O=C(Nc1ccc(N2CCOCC2=O)cc1)[C@H]1C[C@@H](O)CN1C(=O)C=Cc1ccc(Cl)c(Cl)c1. The highest BCUT2D eigenvalue weighted by molar-refractivity contribution is 6.42. The maximum absolute atomic E-state index is 12.9. The van der Waals surface area contributed by atoms with E-state index in [9.17, 15) is 19.5 Å². The Morgan fingerprint density at radius 3 is 2.59 bits per heavy atom. The number of aliphatic hydroxyl groups is 1. The van der Waals surface area contributed by atoms with Crippen LogP contribution in [0.2, 0.25) is 10.0 Å². The normalized spacial score (nSPS) is 20.7. The van der Waals surface area contributed by atoms with Crippen LogP contribution in [-0.4, -0.2) is 66.2 Å². The summed E-state index contributed by atoms with van der Waals surface area (Å²) in [5.74, 6) is -0.918. The number of carbonyl (C=O) groups is 3. The molecule has 0 spiro atoms. The van der Waals surface area contributed by atoms with E-state index in [4.69, 9.17) is 27.9 Å². The number of nitrogens with zero attached hydrogens (tertiary/aromatic N) is 2. The van der Waals surface area contributed by atoms with Gasteiger partial charge in [-0.05, 0) is 48.0 Å². The van der Waals surface area contributed by atoms with Crippen molar-refractivity contribution in [1.82, 2.24) is 4.90 Å². The third kappa shape index (κ3) is 5.59. The average molecular weight is 504 g/mol. The number of rotatable bonds is 5. The van der Waals surface area contributed by atoms with E-state index in [1.807, 2.05) is 0 Å². The first kappa shape index (κ1) is 24.2. The highest BCUT2D eigenvalue weighted by atomic mass is 35.5. The second-order valence-corrected chi connectivity index (χ2v) is 8.85. The summed E-state index contributed by atoms with van der Waals surface area (Å²) in [5.41, 5.74) is 1.92. The van der Waals surface area contributed by atoms with Crippen molar-refractivity contribution >= 4 is 58.4 Å². The van der Waals surface area contributed by atoms with Crippen molar-refractivity contribution < 1.29 is 24.2 Å². The summed E-state index contributed by atoms with van der Waals surface area (Å²) < 4.78 is 5.14. The number of hydrogen-bond donors (Lipinski definition) is 2. The summed E-state index contributed by atoms with van der Waals surface area (Å²) in [6.07, 6.45) is 2.26. The average Bonchev–Trinajstić information content (AvgIpc) is 3.22. The number of likely N-dealkylation sites (tertiary alicyclic amines) is 1. The molecule has 8 nitrogen and oxygen atoms in total. The van der Waals surface area contributed by atoms with Gasteiger partial charge in [0.1, 0.15) is 12.6 Å². The monoisotopic (exact) mass is 503 g/mol. The minimum atomic E-state index is -0.818. The van der Waals surface area contributed by atoms with Crippen LogP contribution in [0.1, 0.15) is 12.0 Å². The molecule has 2 N–H and O–H groups in total. The molecule has 2 atom stereocenters. The molecule has 0 saturated carbocycles. The van der Waals surface area contributed by atoms with Gasteiger partial charge in [-0.2, -0.15) is 0 Å². The van der Waals surface area contributed by atoms with E-state index in [0.717, 1.165) is 0 Å². The summed E-state index contributed by atoms with van der Waals surface area (Å²) in [5, 5.41) is 13.7. The molecule has 0 bridgehead atoms. The van der Waals surface area contributed by atoms with E-state index in [1.165, 1.54) is 11.0 Å². The Balaban J connectivity index is 1.41. The molecule has 2 aromatic carbocycles. The minimum absolute atomic E-state index is 0.0475. The van der Waals surface area contributed by atoms with Crippen LogP contribution in [0.15, 0.2) is 48.5 Å².